The highest BCUT2D eigenvalue weighted by molar-refractivity contribution is 7.07. The van der Waals surface area contributed by atoms with Crippen molar-refractivity contribution in [3.8, 4) is 0 Å². The maximum atomic E-state index is 12.8. The second-order valence-corrected chi connectivity index (χ2v) is 4.01. The normalized spacial score (nSPS) is 10.1. The lowest BCUT2D eigenvalue weighted by Gasteiger charge is -2.06. The van der Waals surface area contributed by atoms with E-state index in [9.17, 15) is 9.18 Å². The number of anilines is 1. The number of hydrogen-bond donors (Lipinski definition) is 1. The first-order valence-corrected chi connectivity index (χ1v) is 5.57. The predicted molar refractivity (Wildman–Crippen MR) is 61.2 cm³/mol. The lowest BCUT2D eigenvalue weighted by atomic mass is 10.2. The minimum atomic E-state index is -0.316. The molecule has 0 aliphatic rings. The van der Waals surface area contributed by atoms with Gasteiger partial charge in [-0.05, 0) is 30.7 Å². The number of aromatic nitrogens is 1. The Balaban J connectivity index is 2.18. The van der Waals surface area contributed by atoms with Gasteiger partial charge in [-0.1, -0.05) is 0 Å². The summed E-state index contributed by atoms with van der Waals surface area (Å²) in [4.78, 5) is 15.5. The molecule has 5 heteroatoms. The standard InChI is InChI=1S/C11H9FN2OS/c1-7-4-8(12)2-3-9(7)14-11(15)10-5-16-6-13-10/h2-6H,1H3,(H,14,15). The molecule has 1 heterocycles. The molecule has 82 valence electrons. The molecule has 0 saturated carbocycles. The number of carbonyl (C=O) groups excluding carboxylic acids is 1. The molecule has 1 N–H and O–H groups in total. The molecule has 1 aromatic heterocycles. The molecule has 0 atom stereocenters. The fourth-order valence-electron chi connectivity index (χ4n) is 1.28. The summed E-state index contributed by atoms with van der Waals surface area (Å²) >= 11 is 1.35. The van der Waals surface area contributed by atoms with Crippen molar-refractivity contribution in [2.24, 2.45) is 0 Å². The van der Waals surface area contributed by atoms with E-state index in [-0.39, 0.29) is 11.7 Å². The molecule has 2 aromatic rings. The highest BCUT2D eigenvalue weighted by Crippen LogP contribution is 2.16. The van der Waals surface area contributed by atoms with Crippen LogP contribution in [-0.4, -0.2) is 10.9 Å². The number of thiazole rings is 1. The minimum absolute atomic E-state index is 0.282. The van der Waals surface area contributed by atoms with Gasteiger partial charge in [0.2, 0.25) is 0 Å². The molecular weight excluding hydrogens is 227 g/mol. The number of nitrogens with one attached hydrogen (secondary N) is 1. The van der Waals surface area contributed by atoms with Gasteiger partial charge >= 0.3 is 0 Å². The Morgan fingerprint density at radius 2 is 2.31 bits per heavy atom. The summed E-state index contributed by atoms with van der Waals surface area (Å²) in [7, 11) is 0. The van der Waals surface area contributed by atoms with Crippen molar-refractivity contribution in [1.82, 2.24) is 4.98 Å². The van der Waals surface area contributed by atoms with Crippen molar-refractivity contribution in [3.63, 3.8) is 0 Å². The Morgan fingerprint density at radius 3 is 2.94 bits per heavy atom. The zero-order valence-electron chi connectivity index (χ0n) is 8.53. The Hall–Kier alpha value is -1.75. The molecule has 1 amide bonds. The first-order chi connectivity index (χ1) is 7.66. The van der Waals surface area contributed by atoms with Gasteiger partial charge in [-0.3, -0.25) is 4.79 Å². The number of amides is 1. The quantitative estimate of drug-likeness (QED) is 0.871. The molecule has 0 aliphatic carbocycles. The van der Waals surface area contributed by atoms with E-state index in [1.54, 1.807) is 17.8 Å². The van der Waals surface area contributed by atoms with Crippen LogP contribution in [0, 0.1) is 12.7 Å². The van der Waals surface area contributed by atoms with Gasteiger partial charge in [0.05, 0.1) is 5.51 Å². The number of aryl methyl sites for hydroxylation is 1. The summed E-state index contributed by atoms with van der Waals surface area (Å²) in [5.74, 6) is -0.597. The number of rotatable bonds is 2. The molecule has 0 radical (unpaired) electrons. The van der Waals surface area contributed by atoms with E-state index in [0.717, 1.165) is 0 Å². The highest BCUT2D eigenvalue weighted by Gasteiger charge is 2.09. The molecule has 0 saturated heterocycles. The molecule has 2 rings (SSSR count). The van der Waals surface area contributed by atoms with Gasteiger partial charge in [0, 0.05) is 11.1 Å². The van der Waals surface area contributed by atoms with Crippen molar-refractivity contribution >= 4 is 22.9 Å². The second kappa shape index (κ2) is 4.40. The third kappa shape index (κ3) is 2.25. The van der Waals surface area contributed by atoms with E-state index in [1.165, 1.54) is 29.5 Å². The van der Waals surface area contributed by atoms with Gasteiger partial charge < -0.3 is 5.32 Å². The maximum absolute atomic E-state index is 12.8. The van der Waals surface area contributed by atoms with Gasteiger partial charge in [0.25, 0.3) is 5.91 Å². The zero-order chi connectivity index (χ0) is 11.5. The number of carbonyl (C=O) groups is 1. The van der Waals surface area contributed by atoms with Crippen LogP contribution >= 0.6 is 11.3 Å². The third-order valence-electron chi connectivity index (χ3n) is 2.10. The summed E-state index contributed by atoms with van der Waals surface area (Å²) in [6, 6.07) is 4.22. The number of halogens is 1. The number of benzene rings is 1. The molecule has 16 heavy (non-hydrogen) atoms. The molecule has 0 unspecified atom stereocenters. The fraction of sp³-hybridized carbons (Fsp3) is 0.0909. The fourth-order valence-corrected chi connectivity index (χ4v) is 1.81. The second-order valence-electron chi connectivity index (χ2n) is 3.29. The SMILES string of the molecule is Cc1cc(F)ccc1NC(=O)c1cscn1. The first-order valence-electron chi connectivity index (χ1n) is 4.62. The van der Waals surface area contributed by atoms with Crippen LogP contribution in [0.1, 0.15) is 16.1 Å². The Labute approximate surface area is 96.0 Å². The number of nitrogens with zero attached hydrogens (tertiary/aromatic N) is 1. The van der Waals surface area contributed by atoms with Crippen LogP contribution in [0.3, 0.4) is 0 Å². The molecule has 3 nitrogen and oxygen atoms in total. The van der Waals surface area contributed by atoms with Crippen LogP contribution in [-0.2, 0) is 0 Å². The topological polar surface area (TPSA) is 42.0 Å². The van der Waals surface area contributed by atoms with E-state index < -0.39 is 0 Å². The summed E-state index contributed by atoms with van der Waals surface area (Å²) in [5.41, 5.74) is 3.24. The molecule has 0 fully saturated rings. The Morgan fingerprint density at radius 1 is 1.50 bits per heavy atom. The van der Waals surface area contributed by atoms with Crippen molar-refractivity contribution in [2.75, 3.05) is 5.32 Å². The van der Waals surface area contributed by atoms with E-state index in [4.69, 9.17) is 0 Å². The maximum Gasteiger partial charge on any atom is 0.275 e. The lowest BCUT2D eigenvalue weighted by Crippen LogP contribution is -2.13. The largest absolute Gasteiger partial charge is 0.320 e. The van der Waals surface area contributed by atoms with Gasteiger partial charge in [-0.15, -0.1) is 11.3 Å². The third-order valence-corrected chi connectivity index (χ3v) is 2.69. The monoisotopic (exact) mass is 236 g/mol. The van der Waals surface area contributed by atoms with Gasteiger partial charge in [-0.2, -0.15) is 0 Å². The predicted octanol–water partition coefficient (Wildman–Crippen LogP) is 2.84. The van der Waals surface area contributed by atoms with E-state index in [2.05, 4.69) is 10.3 Å². The van der Waals surface area contributed by atoms with Crippen molar-refractivity contribution in [2.45, 2.75) is 6.92 Å². The molecule has 1 aromatic carbocycles. The molecular formula is C11H9FN2OS. The van der Waals surface area contributed by atoms with Crippen LogP contribution in [0.4, 0.5) is 10.1 Å². The van der Waals surface area contributed by atoms with Crippen molar-refractivity contribution in [1.29, 1.82) is 0 Å². The lowest BCUT2D eigenvalue weighted by molar-refractivity contribution is 0.102. The van der Waals surface area contributed by atoms with Crippen LogP contribution in [0.15, 0.2) is 29.1 Å². The molecule has 0 aliphatic heterocycles. The highest BCUT2D eigenvalue weighted by atomic mass is 32.1. The van der Waals surface area contributed by atoms with Crippen molar-refractivity contribution in [3.05, 3.63) is 46.2 Å². The zero-order valence-corrected chi connectivity index (χ0v) is 9.34. The average Bonchev–Trinajstić information content (AvgIpc) is 2.75. The summed E-state index contributed by atoms with van der Waals surface area (Å²) in [6.07, 6.45) is 0. The number of hydrogen-bond acceptors (Lipinski definition) is 3. The van der Waals surface area contributed by atoms with Crippen LogP contribution < -0.4 is 5.32 Å². The van der Waals surface area contributed by atoms with Crippen LogP contribution in [0.2, 0.25) is 0 Å². The smallest absolute Gasteiger partial charge is 0.275 e. The summed E-state index contributed by atoms with van der Waals surface area (Å²) < 4.78 is 12.8. The van der Waals surface area contributed by atoms with E-state index >= 15 is 0 Å². The van der Waals surface area contributed by atoms with Crippen LogP contribution in [0.5, 0.6) is 0 Å². The average molecular weight is 236 g/mol. The van der Waals surface area contributed by atoms with Crippen LogP contribution in [0.25, 0.3) is 0 Å². The first kappa shape index (κ1) is 10.8. The van der Waals surface area contributed by atoms with Gasteiger partial charge in [0.1, 0.15) is 11.5 Å². The van der Waals surface area contributed by atoms with E-state index in [0.29, 0.717) is 16.9 Å². The Kier molecular flexibility index (Phi) is 2.96. The molecule has 0 bridgehead atoms. The van der Waals surface area contributed by atoms with Gasteiger partial charge in [0.15, 0.2) is 0 Å². The molecule has 0 spiro atoms. The van der Waals surface area contributed by atoms with Gasteiger partial charge in [-0.25, -0.2) is 9.37 Å². The van der Waals surface area contributed by atoms with Crippen molar-refractivity contribution < 1.29 is 9.18 Å². The van der Waals surface area contributed by atoms with E-state index in [1.807, 2.05) is 0 Å². The summed E-state index contributed by atoms with van der Waals surface area (Å²) in [5, 5.41) is 4.34. The minimum Gasteiger partial charge on any atom is -0.320 e. The summed E-state index contributed by atoms with van der Waals surface area (Å²) in [6.45, 7) is 1.74. The Bertz CT molecular complexity index is 511.